The van der Waals surface area contributed by atoms with Crippen molar-refractivity contribution < 1.29 is 0 Å². The Morgan fingerprint density at radius 2 is 2.00 bits per heavy atom. The molecule has 0 bridgehead atoms. The van der Waals surface area contributed by atoms with E-state index in [-0.39, 0.29) is 11.6 Å². The molecule has 4 heteroatoms. The molecule has 1 rings (SSSR count). The first-order chi connectivity index (χ1) is 5.95. The summed E-state index contributed by atoms with van der Waals surface area (Å²) in [5.74, 6) is 0.330. The third-order valence-corrected chi connectivity index (χ3v) is 2.37. The summed E-state index contributed by atoms with van der Waals surface area (Å²) in [5.41, 5.74) is 7.52. The van der Waals surface area contributed by atoms with E-state index in [2.05, 4.69) is 5.10 Å². The molecule has 13 heavy (non-hydrogen) atoms. The molecule has 4 nitrogen and oxygen atoms in total. The molecule has 74 valence electrons. The molecule has 1 aromatic heterocycles. The lowest BCUT2D eigenvalue weighted by Gasteiger charge is -2.14. The van der Waals surface area contributed by atoms with Crippen LogP contribution in [-0.4, -0.2) is 9.78 Å². The average molecular weight is 183 g/mol. The quantitative estimate of drug-likeness (QED) is 0.708. The minimum atomic E-state index is -0.0890. The van der Waals surface area contributed by atoms with Crippen LogP contribution in [0.5, 0.6) is 0 Å². The number of hydrogen-bond acceptors (Lipinski definition) is 2. The van der Waals surface area contributed by atoms with Gasteiger partial charge in [-0.1, -0.05) is 13.8 Å². The molecule has 0 fully saturated rings. The summed E-state index contributed by atoms with van der Waals surface area (Å²) >= 11 is 0. The number of hydrogen-bond donors (Lipinski definition) is 2. The molecular formula is C9H17N3O. The highest BCUT2D eigenvalue weighted by Gasteiger charge is 2.17. The van der Waals surface area contributed by atoms with Crippen LogP contribution in [0.1, 0.15) is 31.1 Å². The van der Waals surface area contributed by atoms with Crippen molar-refractivity contribution in [2.24, 2.45) is 18.7 Å². The fourth-order valence-electron chi connectivity index (χ4n) is 1.34. The molecule has 3 N–H and O–H groups in total. The Kier molecular flexibility index (Phi) is 2.61. The Hall–Kier alpha value is -1.03. The monoisotopic (exact) mass is 183 g/mol. The minimum Gasteiger partial charge on any atom is -0.322 e. The molecule has 0 spiro atoms. The van der Waals surface area contributed by atoms with Crippen LogP contribution >= 0.6 is 0 Å². The van der Waals surface area contributed by atoms with Crippen molar-refractivity contribution in [1.82, 2.24) is 9.78 Å². The van der Waals surface area contributed by atoms with E-state index in [1.165, 1.54) is 4.68 Å². The number of nitrogens with one attached hydrogen (secondary N) is 1. The van der Waals surface area contributed by atoms with Gasteiger partial charge >= 0.3 is 0 Å². The van der Waals surface area contributed by atoms with Crippen LogP contribution in [0.2, 0.25) is 0 Å². The number of aryl methyl sites for hydroxylation is 1. The lowest BCUT2D eigenvalue weighted by molar-refractivity contribution is 0.495. The molecule has 0 saturated heterocycles. The summed E-state index contributed by atoms with van der Waals surface area (Å²) < 4.78 is 1.47. The van der Waals surface area contributed by atoms with Gasteiger partial charge in [0.25, 0.3) is 5.56 Å². The molecule has 0 saturated carbocycles. The van der Waals surface area contributed by atoms with E-state index in [1.807, 2.05) is 13.8 Å². The molecule has 0 aliphatic carbocycles. The lowest BCUT2D eigenvalue weighted by atomic mass is 10.00. The first-order valence-corrected chi connectivity index (χ1v) is 4.46. The van der Waals surface area contributed by atoms with E-state index in [9.17, 15) is 4.79 Å². The molecule has 1 atom stereocenters. The fourth-order valence-corrected chi connectivity index (χ4v) is 1.34. The normalized spacial score (nSPS) is 13.7. The number of H-pyrrole nitrogens is 1. The molecule has 0 aliphatic heterocycles. The fraction of sp³-hybridized carbons (Fsp3) is 0.667. The maximum absolute atomic E-state index is 11.4. The zero-order valence-corrected chi connectivity index (χ0v) is 8.59. The van der Waals surface area contributed by atoms with Crippen LogP contribution in [0, 0.1) is 12.8 Å². The first-order valence-electron chi connectivity index (χ1n) is 4.46. The summed E-state index contributed by atoms with van der Waals surface area (Å²) in [6, 6.07) is -0.0890. The number of nitrogens with zero attached hydrogens (tertiary/aromatic N) is 1. The average Bonchev–Trinajstić information content (AvgIpc) is 2.31. The molecule has 1 aromatic rings. The van der Waals surface area contributed by atoms with Gasteiger partial charge in [-0.15, -0.1) is 0 Å². The van der Waals surface area contributed by atoms with Crippen molar-refractivity contribution in [3.8, 4) is 0 Å². The second kappa shape index (κ2) is 3.38. The summed E-state index contributed by atoms with van der Waals surface area (Å²) in [7, 11) is 1.70. The maximum atomic E-state index is 11.4. The minimum absolute atomic E-state index is 0.00565. The Morgan fingerprint density at radius 1 is 1.46 bits per heavy atom. The smallest absolute Gasteiger partial charge is 0.269 e. The van der Waals surface area contributed by atoms with Crippen LogP contribution in [0.3, 0.4) is 0 Å². The van der Waals surface area contributed by atoms with Crippen molar-refractivity contribution in [1.29, 1.82) is 0 Å². The van der Waals surface area contributed by atoms with Gasteiger partial charge in [-0.25, -0.2) is 0 Å². The summed E-state index contributed by atoms with van der Waals surface area (Å²) in [6.45, 7) is 5.88. The predicted octanol–water partition coefficient (Wildman–Crippen LogP) is 0.678. The van der Waals surface area contributed by atoms with Gasteiger partial charge in [0, 0.05) is 18.7 Å². The van der Waals surface area contributed by atoms with Crippen LogP contribution in [0.15, 0.2) is 4.79 Å². The summed E-state index contributed by atoms with van der Waals surface area (Å²) in [6.07, 6.45) is 0. The van der Waals surface area contributed by atoms with Gasteiger partial charge in [-0.2, -0.15) is 0 Å². The number of nitrogens with two attached hydrogens (primary N) is 1. The topological polar surface area (TPSA) is 63.8 Å². The number of rotatable bonds is 2. The first kappa shape index (κ1) is 10.1. The third kappa shape index (κ3) is 1.67. The van der Waals surface area contributed by atoms with E-state index >= 15 is 0 Å². The second-order valence-corrected chi connectivity index (χ2v) is 3.78. The SMILES string of the molecule is Cc1c([C@@H](N)C(C)C)[nH]n(C)c1=O. The van der Waals surface area contributed by atoms with Gasteiger partial charge in [0.1, 0.15) is 0 Å². The van der Waals surface area contributed by atoms with Gasteiger partial charge in [0.15, 0.2) is 0 Å². The van der Waals surface area contributed by atoms with Crippen molar-refractivity contribution in [3.63, 3.8) is 0 Å². The predicted molar refractivity (Wildman–Crippen MR) is 52.5 cm³/mol. The largest absolute Gasteiger partial charge is 0.322 e. The van der Waals surface area contributed by atoms with Crippen molar-refractivity contribution >= 4 is 0 Å². The van der Waals surface area contributed by atoms with Gasteiger partial charge in [0.2, 0.25) is 0 Å². The molecule has 0 amide bonds. The lowest BCUT2D eigenvalue weighted by Crippen LogP contribution is -2.18. The maximum Gasteiger partial charge on any atom is 0.269 e. The van der Waals surface area contributed by atoms with Gasteiger partial charge in [-0.3, -0.25) is 14.6 Å². The zero-order chi connectivity index (χ0) is 10.2. The number of aromatic nitrogens is 2. The standard InChI is InChI=1S/C9H17N3O/c1-5(2)7(10)8-6(3)9(13)12(4)11-8/h5,7,11H,10H2,1-4H3/t7-/m0/s1. The van der Waals surface area contributed by atoms with Gasteiger partial charge in [-0.05, 0) is 12.8 Å². The van der Waals surface area contributed by atoms with E-state index in [0.717, 1.165) is 11.3 Å². The number of aromatic amines is 1. The van der Waals surface area contributed by atoms with Crippen molar-refractivity contribution in [3.05, 3.63) is 21.6 Å². The van der Waals surface area contributed by atoms with Crippen LogP contribution in [0.4, 0.5) is 0 Å². The van der Waals surface area contributed by atoms with Gasteiger partial charge in [0.05, 0.1) is 5.69 Å². The summed E-state index contributed by atoms with van der Waals surface area (Å²) in [5, 5.41) is 2.97. The van der Waals surface area contributed by atoms with Crippen LogP contribution in [-0.2, 0) is 7.05 Å². The second-order valence-electron chi connectivity index (χ2n) is 3.78. The molecule has 1 heterocycles. The zero-order valence-electron chi connectivity index (χ0n) is 8.59. The Labute approximate surface area is 77.7 Å². The molecule has 0 aromatic carbocycles. The molecule has 0 aliphatic rings. The summed E-state index contributed by atoms with van der Waals surface area (Å²) in [4.78, 5) is 11.4. The molecular weight excluding hydrogens is 166 g/mol. The van der Waals surface area contributed by atoms with E-state index in [1.54, 1.807) is 14.0 Å². The Morgan fingerprint density at radius 3 is 2.31 bits per heavy atom. The highest BCUT2D eigenvalue weighted by atomic mass is 16.1. The van der Waals surface area contributed by atoms with Gasteiger partial charge < -0.3 is 5.73 Å². The highest BCUT2D eigenvalue weighted by Crippen LogP contribution is 2.17. The molecule has 0 unspecified atom stereocenters. The van der Waals surface area contributed by atoms with E-state index in [0.29, 0.717) is 5.92 Å². The highest BCUT2D eigenvalue weighted by molar-refractivity contribution is 5.18. The van der Waals surface area contributed by atoms with E-state index in [4.69, 9.17) is 5.73 Å². The molecule has 0 radical (unpaired) electrons. The van der Waals surface area contributed by atoms with Crippen LogP contribution in [0.25, 0.3) is 0 Å². The van der Waals surface area contributed by atoms with Crippen LogP contribution < -0.4 is 11.3 Å². The Balaban J connectivity index is 3.16. The van der Waals surface area contributed by atoms with Crippen molar-refractivity contribution in [2.45, 2.75) is 26.8 Å². The van der Waals surface area contributed by atoms with Crippen molar-refractivity contribution in [2.75, 3.05) is 0 Å². The van der Waals surface area contributed by atoms with E-state index < -0.39 is 0 Å². The third-order valence-electron chi connectivity index (χ3n) is 2.37. The Bertz CT molecular complexity index is 348.